The highest BCUT2D eigenvalue weighted by molar-refractivity contribution is 7.90. The van der Waals surface area contributed by atoms with Gasteiger partial charge in [-0.15, -0.1) is 0 Å². The Morgan fingerprint density at radius 3 is 2.39 bits per heavy atom. The standard InChI is InChI=1S/C22H23ClN2O5S/c1-13-10-17(20(29-4)14(2)21(13)31(5,27)28)19(26)18-11-24-25(3)22(18)30-12-15-6-8-16(23)9-7-15/h6-11H,12H2,1-5H3. The fourth-order valence-corrected chi connectivity index (χ4v) is 5.00. The van der Waals surface area contributed by atoms with Gasteiger partial charge < -0.3 is 9.47 Å². The van der Waals surface area contributed by atoms with E-state index in [4.69, 9.17) is 21.1 Å². The van der Waals surface area contributed by atoms with E-state index in [1.54, 1.807) is 33.0 Å². The van der Waals surface area contributed by atoms with Crippen LogP contribution in [0.4, 0.5) is 0 Å². The number of aromatic nitrogens is 2. The number of carbonyl (C=O) groups is 1. The molecule has 0 N–H and O–H groups in total. The van der Waals surface area contributed by atoms with E-state index in [2.05, 4.69) is 5.10 Å². The van der Waals surface area contributed by atoms with Crippen LogP contribution in [0, 0.1) is 13.8 Å². The summed E-state index contributed by atoms with van der Waals surface area (Å²) in [6.45, 7) is 3.50. The summed E-state index contributed by atoms with van der Waals surface area (Å²) in [7, 11) is -0.413. The van der Waals surface area contributed by atoms with Crippen molar-refractivity contribution in [2.45, 2.75) is 25.3 Å². The first-order chi connectivity index (χ1) is 14.5. The molecule has 0 amide bonds. The molecule has 7 nitrogen and oxygen atoms in total. The lowest BCUT2D eigenvalue weighted by molar-refractivity contribution is 0.103. The van der Waals surface area contributed by atoms with Gasteiger partial charge in [0.1, 0.15) is 17.9 Å². The van der Waals surface area contributed by atoms with Crippen LogP contribution in [0.3, 0.4) is 0 Å². The van der Waals surface area contributed by atoms with E-state index >= 15 is 0 Å². The Hall–Kier alpha value is -2.84. The second kappa shape index (κ2) is 8.72. The highest BCUT2D eigenvalue weighted by Crippen LogP contribution is 2.35. The zero-order chi connectivity index (χ0) is 22.9. The quantitative estimate of drug-likeness (QED) is 0.494. The number of hydrogen-bond donors (Lipinski definition) is 0. The first-order valence-corrected chi connectivity index (χ1v) is 11.6. The predicted octanol–water partition coefficient (Wildman–Crippen LogP) is 3.91. The summed E-state index contributed by atoms with van der Waals surface area (Å²) >= 11 is 5.92. The normalized spacial score (nSPS) is 11.4. The van der Waals surface area contributed by atoms with E-state index in [1.807, 2.05) is 12.1 Å². The number of ether oxygens (including phenoxy) is 2. The maximum atomic E-state index is 13.4. The molecule has 2 aromatic carbocycles. The first kappa shape index (κ1) is 22.8. The van der Waals surface area contributed by atoms with Gasteiger partial charge in [0, 0.05) is 23.9 Å². The molecule has 1 aromatic heterocycles. The van der Waals surface area contributed by atoms with Gasteiger partial charge >= 0.3 is 0 Å². The number of sulfone groups is 1. The van der Waals surface area contributed by atoms with Gasteiger partial charge in [-0.1, -0.05) is 23.7 Å². The van der Waals surface area contributed by atoms with E-state index in [0.29, 0.717) is 22.0 Å². The van der Waals surface area contributed by atoms with Crippen LogP contribution in [0.15, 0.2) is 41.4 Å². The number of methoxy groups -OCH3 is 1. The fourth-order valence-electron chi connectivity index (χ4n) is 3.58. The van der Waals surface area contributed by atoms with Crippen LogP contribution in [0.5, 0.6) is 11.6 Å². The fraction of sp³-hybridized carbons (Fsp3) is 0.273. The van der Waals surface area contributed by atoms with Gasteiger partial charge in [-0.25, -0.2) is 13.1 Å². The molecule has 9 heteroatoms. The van der Waals surface area contributed by atoms with Crippen LogP contribution < -0.4 is 9.47 Å². The van der Waals surface area contributed by atoms with Crippen molar-refractivity contribution in [2.24, 2.45) is 7.05 Å². The van der Waals surface area contributed by atoms with Crippen LogP contribution in [0.2, 0.25) is 5.02 Å². The second-order valence-corrected chi connectivity index (χ2v) is 9.62. The van der Waals surface area contributed by atoms with Crippen molar-refractivity contribution in [3.63, 3.8) is 0 Å². The van der Waals surface area contributed by atoms with E-state index in [9.17, 15) is 13.2 Å². The first-order valence-electron chi connectivity index (χ1n) is 9.36. The van der Waals surface area contributed by atoms with Crippen LogP contribution >= 0.6 is 11.6 Å². The number of hydrogen-bond acceptors (Lipinski definition) is 6. The summed E-state index contributed by atoms with van der Waals surface area (Å²) < 4.78 is 37.2. The van der Waals surface area contributed by atoms with Gasteiger partial charge in [-0.2, -0.15) is 5.10 Å². The molecule has 0 bridgehead atoms. The number of benzene rings is 2. The van der Waals surface area contributed by atoms with Gasteiger partial charge in [-0.3, -0.25) is 4.79 Å². The molecule has 1 heterocycles. The molecule has 0 radical (unpaired) electrons. The van der Waals surface area contributed by atoms with Gasteiger partial charge in [0.15, 0.2) is 9.84 Å². The Kier molecular flexibility index (Phi) is 6.43. The van der Waals surface area contributed by atoms with Crippen molar-refractivity contribution in [1.29, 1.82) is 0 Å². The van der Waals surface area contributed by atoms with E-state index < -0.39 is 9.84 Å². The lowest BCUT2D eigenvalue weighted by Crippen LogP contribution is -2.12. The Labute approximate surface area is 186 Å². The molecule has 31 heavy (non-hydrogen) atoms. The van der Waals surface area contributed by atoms with Gasteiger partial charge in [-0.05, 0) is 43.2 Å². The number of aryl methyl sites for hydroxylation is 2. The van der Waals surface area contributed by atoms with E-state index in [-0.39, 0.29) is 34.2 Å². The molecular weight excluding hydrogens is 440 g/mol. The highest BCUT2D eigenvalue weighted by Gasteiger charge is 2.27. The van der Waals surface area contributed by atoms with Crippen molar-refractivity contribution in [3.8, 4) is 11.6 Å². The van der Waals surface area contributed by atoms with Crippen molar-refractivity contribution >= 4 is 27.2 Å². The summed E-state index contributed by atoms with van der Waals surface area (Å²) in [4.78, 5) is 13.6. The topological polar surface area (TPSA) is 87.5 Å². The predicted molar refractivity (Wildman–Crippen MR) is 118 cm³/mol. The molecule has 0 spiro atoms. The van der Waals surface area contributed by atoms with Gasteiger partial charge in [0.05, 0.1) is 23.8 Å². The molecule has 0 aliphatic carbocycles. The van der Waals surface area contributed by atoms with Crippen molar-refractivity contribution < 1.29 is 22.7 Å². The number of halogens is 1. The molecular formula is C22H23ClN2O5S. The highest BCUT2D eigenvalue weighted by atomic mass is 35.5. The van der Waals surface area contributed by atoms with Gasteiger partial charge in [0.25, 0.3) is 0 Å². The third kappa shape index (κ3) is 4.60. The summed E-state index contributed by atoms with van der Waals surface area (Å²) in [5, 5.41) is 4.78. The Bertz CT molecular complexity index is 1250. The second-order valence-electron chi connectivity index (χ2n) is 7.23. The van der Waals surface area contributed by atoms with Crippen LogP contribution in [-0.2, 0) is 23.5 Å². The van der Waals surface area contributed by atoms with Crippen molar-refractivity contribution in [1.82, 2.24) is 9.78 Å². The Balaban J connectivity index is 2.01. The maximum Gasteiger partial charge on any atom is 0.223 e. The van der Waals surface area contributed by atoms with Crippen LogP contribution in [-0.4, -0.2) is 37.3 Å². The summed E-state index contributed by atoms with van der Waals surface area (Å²) in [5.41, 5.74) is 2.23. The average molecular weight is 463 g/mol. The summed E-state index contributed by atoms with van der Waals surface area (Å²) in [6.07, 6.45) is 2.56. The SMILES string of the molecule is COc1c(C(=O)c2cnn(C)c2OCc2ccc(Cl)cc2)cc(C)c(S(C)(=O)=O)c1C. The third-order valence-electron chi connectivity index (χ3n) is 4.88. The molecule has 3 rings (SSSR count). The molecule has 0 saturated heterocycles. The summed E-state index contributed by atoms with van der Waals surface area (Å²) in [6, 6.07) is 8.71. The molecule has 0 atom stereocenters. The molecule has 0 fully saturated rings. The Morgan fingerprint density at radius 1 is 1.16 bits per heavy atom. The van der Waals surface area contributed by atoms with Gasteiger partial charge in [0.2, 0.25) is 11.7 Å². The molecule has 164 valence electrons. The number of ketones is 1. The monoisotopic (exact) mass is 462 g/mol. The largest absolute Gasteiger partial charge is 0.496 e. The van der Waals surface area contributed by atoms with Crippen molar-refractivity contribution in [3.05, 3.63) is 69.4 Å². The minimum atomic E-state index is -3.49. The minimum Gasteiger partial charge on any atom is -0.496 e. The molecule has 0 aliphatic rings. The molecule has 3 aromatic rings. The van der Waals surface area contributed by atoms with E-state index in [1.165, 1.54) is 24.1 Å². The van der Waals surface area contributed by atoms with Crippen molar-refractivity contribution in [2.75, 3.05) is 13.4 Å². The van der Waals surface area contributed by atoms with Crippen LogP contribution in [0.25, 0.3) is 0 Å². The minimum absolute atomic E-state index is 0.159. The lowest BCUT2D eigenvalue weighted by Gasteiger charge is -2.16. The summed E-state index contributed by atoms with van der Waals surface area (Å²) in [5.74, 6) is 0.135. The lowest BCUT2D eigenvalue weighted by atomic mass is 9.99. The zero-order valence-corrected chi connectivity index (χ0v) is 19.5. The van der Waals surface area contributed by atoms with Crippen LogP contribution in [0.1, 0.15) is 32.6 Å². The number of rotatable bonds is 7. The third-order valence-corrected chi connectivity index (χ3v) is 6.50. The smallest absolute Gasteiger partial charge is 0.223 e. The Morgan fingerprint density at radius 2 is 1.81 bits per heavy atom. The molecule has 0 saturated carbocycles. The molecule has 0 unspecified atom stereocenters. The average Bonchev–Trinajstić information content (AvgIpc) is 3.06. The zero-order valence-electron chi connectivity index (χ0n) is 17.9. The van der Waals surface area contributed by atoms with E-state index in [0.717, 1.165) is 11.8 Å². The number of carbonyl (C=O) groups excluding carboxylic acids is 1. The molecule has 0 aliphatic heterocycles. The number of nitrogens with zero attached hydrogens (tertiary/aromatic N) is 2. The maximum absolute atomic E-state index is 13.4.